The van der Waals surface area contributed by atoms with Crippen LogP contribution in [0.25, 0.3) is 11.0 Å². The third kappa shape index (κ3) is 3.98. The molecule has 0 bridgehead atoms. The second-order valence-corrected chi connectivity index (χ2v) is 7.95. The van der Waals surface area contributed by atoms with Crippen LogP contribution in [-0.2, 0) is 0 Å². The van der Waals surface area contributed by atoms with Crippen LogP contribution in [0.15, 0.2) is 53.0 Å². The average molecular weight is 512 g/mol. The van der Waals surface area contributed by atoms with E-state index in [1.807, 2.05) is 0 Å². The number of fused-ring (bicyclic) bond motifs is 1. The fraction of sp³-hybridized carbons (Fsp3) is 0. The topological polar surface area (TPSA) is 69.8 Å². The highest BCUT2D eigenvalue weighted by atomic mass is 79.9. The number of carbonyl (C=O) groups excluding carboxylic acids is 1. The number of carbonyl (C=O) groups is 1. The van der Waals surface area contributed by atoms with E-state index in [1.165, 1.54) is 6.07 Å². The number of anilines is 3. The fourth-order valence-corrected chi connectivity index (χ4v) is 3.54. The molecule has 3 N–H and O–H groups in total. The van der Waals surface area contributed by atoms with Crippen LogP contribution < -0.4 is 10.6 Å². The Hall–Kier alpha value is -2.68. The van der Waals surface area contributed by atoms with Gasteiger partial charge in [-0.05, 0) is 42.5 Å². The molecule has 0 unspecified atom stereocenters. The van der Waals surface area contributed by atoms with Crippen molar-refractivity contribution in [2.75, 3.05) is 10.6 Å². The van der Waals surface area contributed by atoms with Gasteiger partial charge in [-0.3, -0.25) is 4.79 Å². The number of amides is 1. The Morgan fingerprint density at radius 3 is 2.37 bits per heavy atom. The van der Waals surface area contributed by atoms with Gasteiger partial charge < -0.3 is 15.6 Å². The Kier molecular flexibility index (Phi) is 5.64. The predicted octanol–water partition coefficient (Wildman–Crippen LogP) is 6.91. The summed E-state index contributed by atoms with van der Waals surface area (Å²) in [7, 11) is 0. The van der Waals surface area contributed by atoms with E-state index in [1.54, 1.807) is 42.5 Å². The van der Waals surface area contributed by atoms with Crippen molar-refractivity contribution < 1.29 is 13.6 Å². The number of benzene rings is 3. The second-order valence-electron chi connectivity index (χ2n) is 6.22. The number of nitrogens with zero attached hydrogens (tertiary/aromatic N) is 1. The zero-order chi connectivity index (χ0) is 21.4. The van der Waals surface area contributed by atoms with Crippen LogP contribution in [0.3, 0.4) is 0 Å². The maximum atomic E-state index is 14.6. The van der Waals surface area contributed by atoms with Gasteiger partial charge in [0.2, 0.25) is 5.95 Å². The minimum Gasteiger partial charge on any atom is -0.324 e. The smallest absolute Gasteiger partial charge is 0.258 e. The molecule has 4 aromatic rings. The molecule has 0 aliphatic rings. The third-order valence-corrected chi connectivity index (χ3v) is 5.37. The molecule has 1 amide bonds. The first-order valence-electron chi connectivity index (χ1n) is 8.49. The number of H-pyrrole nitrogens is 1. The van der Waals surface area contributed by atoms with Gasteiger partial charge in [-0.25, -0.2) is 13.8 Å². The molecule has 0 spiro atoms. The first-order valence-corrected chi connectivity index (χ1v) is 10.0. The minimum absolute atomic E-state index is 0.0868. The van der Waals surface area contributed by atoms with E-state index < -0.39 is 23.1 Å². The fourth-order valence-electron chi connectivity index (χ4n) is 2.78. The van der Waals surface area contributed by atoms with Gasteiger partial charge in [0.25, 0.3) is 5.91 Å². The molecule has 0 fully saturated rings. The van der Waals surface area contributed by atoms with E-state index in [9.17, 15) is 13.6 Å². The van der Waals surface area contributed by atoms with Crippen LogP contribution in [-0.4, -0.2) is 15.9 Å². The molecule has 0 aliphatic carbocycles. The number of rotatable bonds is 4. The quantitative estimate of drug-likeness (QED) is 0.279. The molecule has 30 heavy (non-hydrogen) atoms. The standard InChI is InChI=1S/C20H11BrCl2F2N4O/c21-9-4-6-10(7-5-9)26-19(30)11-8-14-18(16(25)15(11)24)29-20(27-14)28-17-12(22)2-1-3-13(17)23/h1-8H,(H,26,30)(H2,27,28,29). The van der Waals surface area contributed by atoms with E-state index in [-0.39, 0.29) is 17.0 Å². The summed E-state index contributed by atoms with van der Waals surface area (Å²) in [6, 6.07) is 12.8. The van der Waals surface area contributed by atoms with Crippen LogP contribution in [0, 0.1) is 11.6 Å². The van der Waals surface area contributed by atoms with Crippen LogP contribution >= 0.6 is 39.1 Å². The maximum Gasteiger partial charge on any atom is 0.258 e. The number of aromatic nitrogens is 2. The second kappa shape index (κ2) is 8.22. The van der Waals surface area contributed by atoms with Gasteiger partial charge in [0, 0.05) is 10.2 Å². The summed E-state index contributed by atoms with van der Waals surface area (Å²) < 4.78 is 30.0. The number of hydrogen-bond acceptors (Lipinski definition) is 3. The Bertz CT molecular complexity index is 1260. The van der Waals surface area contributed by atoms with Gasteiger partial charge in [0.15, 0.2) is 11.6 Å². The van der Waals surface area contributed by atoms with Crippen molar-refractivity contribution in [2.24, 2.45) is 0 Å². The molecule has 4 rings (SSSR count). The molecule has 5 nitrogen and oxygen atoms in total. The van der Waals surface area contributed by atoms with Crippen molar-refractivity contribution in [1.29, 1.82) is 0 Å². The van der Waals surface area contributed by atoms with Gasteiger partial charge in [0.1, 0.15) is 5.52 Å². The van der Waals surface area contributed by atoms with Crippen LogP contribution in [0.5, 0.6) is 0 Å². The van der Waals surface area contributed by atoms with Crippen molar-refractivity contribution in [2.45, 2.75) is 0 Å². The Morgan fingerprint density at radius 2 is 1.70 bits per heavy atom. The maximum absolute atomic E-state index is 14.6. The summed E-state index contributed by atoms with van der Waals surface area (Å²) in [6.45, 7) is 0. The third-order valence-electron chi connectivity index (χ3n) is 4.21. The molecular formula is C20H11BrCl2F2N4O. The van der Waals surface area contributed by atoms with Crippen molar-refractivity contribution in [1.82, 2.24) is 9.97 Å². The van der Waals surface area contributed by atoms with Gasteiger partial charge in [-0.15, -0.1) is 0 Å². The van der Waals surface area contributed by atoms with Crippen LogP contribution in [0.2, 0.25) is 10.0 Å². The molecule has 10 heteroatoms. The molecular weight excluding hydrogens is 501 g/mol. The largest absolute Gasteiger partial charge is 0.324 e. The van der Waals surface area contributed by atoms with E-state index in [2.05, 4.69) is 36.5 Å². The van der Waals surface area contributed by atoms with Crippen LogP contribution in [0.1, 0.15) is 10.4 Å². The highest BCUT2D eigenvalue weighted by molar-refractivity contribution is 9.10. The van der Waals surface area contributed by atoms with Gasteiger partial charge in [0.05, 0.1) is 26.8 Å². The van der Waals surface area contributed by atoms with Crippen molar-refractivity contribution in [3.63, 3.8) is 0 Å². The summed E-state index contributed by atoms with van der Waals surface area (Å²) >= 11 is 15.5. The monoisotopic (exact) mass is 510 g/mol. The van der Waals surface area contributed by atoms with Crippen molar-refractivity contribution >= 4 is 73.4 Å². The molecule has 0 saturated heterocycles. The summed E-state index contributed by atoms with van der Waals surface area (Å²) in [5.41, 5.74) is 0.185. The lowest BCUT2D eigenvalue weighted by Crippen LogP contribution is -2.14. The van der Waals surface area contributed by atoms with E-state index in [0.717, 1.165) is 4.47 Å². The first kappa shape index (κ1) is 20.6. The highest BCUT2D eigenvalue weighted by Crippen LogP contribution is 2.33. The molecule has 0 aliphatic heterocycles. The number of hydrogen-bond donors (Lipinski definition) is 3. The lowest BCUT2D eigenvalue weighted by atomic mass is 10.1. The number of nitrogens with one attached hydrogen (secondary N) is 3. The average Bonchev–Trinajstić information content (AvgIpc) is 3.12. The normalized spacial score (nSPS) is 11.0. The minimum atomic E-state index is -1.30. The Labute approximate surface area is 187 Å². The van der Waals surface area contributed by atoms with E-state index >= 15 is 0 Å². The number of halogens is 5. The van der Waals surface area contributed by atoms with E-state index in [4.69, 9.17) is 23.2 Å². The molecule has 0 saturated carbocycles. The lowest BCUT2D eigenvalue weighted by Gasteiger charge is -2.07. The number of aromatic amines is 1. The highest BCUT2D eigenvalue weighted by Gasteiger charge is 2.22. The van der Waals surface area contributed by atoms with Gasteiger partial charge >= 0.3 is 0 Å². The summed E-state index contributed by atoms with van der Waals surface area (Å²) in [6.07, 6.45) is 0. The zero-order valence-electron chi connectivity index (χ0n) is 14.9. The molecule has 1 aromatic heterocycles. The number of para-hydroxylation sites is 1. The summed E-state index contributed by atoms with van der Waals surface area (Å²) in [5.74, 6) is -3.26. The Morgan fingerprint density at radius 1 is 1.03 bits per heavy atom. The van der Waals surface area contributed by atoms with Crippen molar-refractivity contribution in [3.05, 3.63) is 80.2 Å². The molecule has 0 atom stereocenters. The van der Waals surface area contributed by atoms with Gasteiger partial charge in [-0.2, -0.15) is 0 Å². The Balaban J connectivity index is 1.68. The van der Waals surface area contributed by atoms with Gasteiger partial charge in [-0.1, -0.05) is 45.2 Å². The first-order chi connectivity index (χ1) is 14.3. The molecule has 1 heterocycles. The predicted molar refractivity (Wildman–Crippen MR) is 118 cm³/mol. The lowest BCUT2D eigenvalue weighted by molar-refractivity contribution is 0.102. The summed E-state index contributed by atoms with van der Waals surface area (Å²) in [5, 5.41) is 6.02. The molecule has 152 valence electrons. The molecule has 0 radical (unpaired) electrons. The van der Waals surface area contributed by atoms with E-state index in [0.29, 0.717) is 21.4 Å². The number of imidazole rings is 1. The summed E-state index contributed by atoms with van der Waals surface area (Å²) in [4.78, 5) is 19.3. The SMILES string of the molecule is O=C(Nc1ccc(Br)cc1)c1cc2[nH]c(Nc3c(Cl)cccc3Cl)nc2c(F)c1F. The van der Waals surface area contributed by atoms with Crippen LogP contribution in [0.4, 0.5) is 26.1 Å². The van der Waals surface area contributed by atoms with Crippen molar-refractivity contribution in [3.8, 4) is 0 Å². The zero-order valence-corrected chi connectivity index (χ0v) is 18.0. The molecule has 3 aromatic carbocycles.